The molecule has 4 heteroatoms. The quantitative estimate of drug-likeness (QED) is 0.750. The van der Waals surface area contributed by atoms with Gasteiger partial charge in [-0.3, -0.25) is 4.79 Å². The van der Waals surface area contributed by atoms with E-state index < -0.39 is 5.97 Å². The number of amides is 1. The van der Waals surface area contributed by atoms with Gasteiger partial charge in [-0.15, -0.1) is 0 Å². The van der Waals surface area contributed by atoms with Crippen LogP contribution in [0.2, 0.25) is 0 Å². The third-order valence-electron chi connectivity index (χ3n) is 3.58. The first-order valence-corrected chi connectivity index (χ1v) is 6.06. The number of carboxylic acid groups (broad SMARTS) is 1. The van der Waals surface area contributed by atoms with E-state index in [2.05, 4.69) is 6.92 Å². The van der Waals surface area contributed by atoms with Gasteiger partial charge >= 0.3 is 5.97 Å². The Labute approximate surface area is 102 Å². The fraction of sp³-hybridized carbons (Fsp3) is 0.692. The maximum absolute atomic E-state index is 12.2. The SMILES string of the molecule is CC(C(=O)O)=C(C)C(=O)N1CC(C)CCC1C. The summed E-state index contributed by atoms with van der Waals surface area (Å²) in [5.74, 6) is -0.661. The van der Waals surface area contributed by atoms with Gasteiger partial charge < -0.3 is 10.0 Å². The average Bonchev–Trinajstić information content (AvgIpc) is 2.29. The van der Waals surface area contributed by atoms with Crippen LogP contribution in [0.15, 0.2) is 11.1 Å². The highest BCUT2D eigenvalue weighted by molar-refractivity contribution is 6.01. The van der Waals surface area contributed by atoms with E-state index in [-0.39, 0.29) is 17.5 Å². The summed E-state index contributed by atoms with van der Waals surface area (Å²) in [6, 6.07) is 0.204. The number of hydrogen-bond acceptors (Lipinski definition) is 2. The number of piperidine rings is 1. The molecule has 0 aliphatic carbocycles. The molecule has 1 aliphatic heterocycles. The number of carboxylic acids is 1. The average molecular weight is 239 g/mol. The van der Waals surface area contributed by atoms with Gasteiger partial charge in [-0.05, 0) is 39.5 Å². The van der Waals surface area contributed by atoms with Gasteiger partial charge in [0.25, 0.3) is 0 Å². The summed E-state index contributed by atoms with van der Waals surface area (Å²) in [5, 5.41) is 8.89. The Balaban J connectivity index is 2.89. The Morgan fingerprint density at radius 1 is 1.12 bits per heavy atom. The van der Waals surface area contributed by atoms with Crippen LogP contribution in [0.25, 0.3) is 0 Å². The van der Waals surface area contributed by atoms with Crippen LogP contribution in [-0.2, 0) is 9.59 Å². The molecule has 1 aliphatic rings. The molecule has 0 spiro atoms. The molecule has 1 fully saturated rings. The van der Waals surface area contributed by atoms with Crippen molar-refractivity contribution in [3.05, 3.63) is 11.1 Å². The molecule has 0 aromatic heterocycles. The molecule has 1 saturated heterocycles. The van der Waals surface area contributed by atoms with Gasteiger partial charge in [-0.1, -0.05) is 6.92 Å². The molecule has 1 amide bonds. The molecule has 17 heavy (non-hydrogen) atoms. The Bertz CT molecular complexity index is 360. The molecule has 0 saturated carbocycles. The zero-order valence-electron chi connectivity index (χ0n) is 11.0. The largest absolute Gasteiger partial charge is 0.478 e. The summed E-state index contributed by atoms with van der Waals surface area (Å²) in [4.78, 5) is 24.9. The maximum Gasteiger partial charge on any atom is 0.331 e. The van der Waals surface area contributed by atoms with Gasteiger partial charge in [0.15, 0.2) is 0 Å². The van der Waals surface area contributed by atoms with Gasteiger partial charge in [0.1, 0.15) is 0 Å². The molecule has 0 bridgehead atoms. The highest BCUT2D eigenvalue weighted by Gasteiger charge is 2.28. The van der Waals surface area contributed by atoms with E-state index in [0.29, 0.717) is 11.5 Å². The minimum Gasteiger partial charge on any atom is -0.478 e. The monoisotopic (exact) mass is 239 g/mol. The molecule has 0 aromatic rings. The van der Waals surface area contributed by atoms with Crippen molar-refractivity contribution in [2.24, 2.45) is 5.92 Å². The zero-order chi connectivity index (χ0) is 13.2. The van der Waals surface area contributed by atoms with E-state index in [0.717, 1.165) is 19.4 Å². The Hall–Kier alpha value is -1.32. The van der Waals surface area contributed by atoms with Crippen molar-refractivity contribution in [3.8, 4) is 0 Å². The van der Waals surface area contributed by atoms with Gasteiger partial charge in [0.05, 0.1) is 0 Å². The lowest BCUT2D eigenvalue weighted by atomic mass is 9.94. The number of aliphatic carboxylic acids is 1. The van der Waals surface area contributed by atoms with Crippen LogP contribution in [0.5, 0.6) is 0 Å². The van der Waals surface area contributed by atoms with Crippen LogP contribution < -0.4 is 0 Å². The normalized spacial score (nSPS) is 26.5. The molecular formula is C13H21NO3. The molecular weight excluding hydrogens is 218 g/mol. The number of carbonyl (C=O) groups is 2. The number of nitrogens with zero attached hydrogens (tertiary/aromatic N) is 1. The summed E-state index contributed by atoms with van der Waals surface area (Å²) >= 11 is 0. The number of rotatable bonds is 2. The first kappa shape index (κ1) is 13.7. The van der Waals surface area contributed by atoms with Crippen molar-refractivity contribution in [3.63, 3.8) is 0 Å². The van der Waals surface area contributed by atoms with E-state index in [1.807, 2.05) is 6.92 Å². The highest BCUT2D eigenvalue weighted by Crippen LogP contribution is 2.23. The number of hydrogen-bond donors (Lipinski definition) is 1. The summed E-state index contributed by atoms with van der Waals surface area (Å²) in [6.45, 7) is 7.94. The summed E-state index contributed by atoms with van der Waals surface area (Å²) in [7, 11) is 0. The lowest BCUT2D eigenvalue weighted by Crippen LogP contribution is -2.45. The molecule has 96 valence electrons. The summed E-state index contributed by atoms with van der Waals surface area (Å²) < 4.78 is 0. The van der Waals surface area contributed by atoms with E-state index in [9.17, 15) is 9.59 Å². The van der Waals surface area contributed by atoms with Crippen molar-refractivity contribution in [1.29, 1.82) is 0 Å². The predicted octanol–water partition coefficient (Wildman–Crippen LogP) is 2.05. The van der Waals surface area contributed by atoms with Crippen molar-refractivity contribution in [2.45, 2.75) is 46.6 Å². The van der Waals surface area contributed by atoms with Crippen molar-refractivity contribution in [2.75, 3.05) is 6.54 Å². The second-order valence-electron chi connectivity index (χ2n) is 5.04. The fourth-order valence-electron chi connectivity index (χ4n) is 2.11. The van der Waals surface area contributed by atoms with Gasteiger partial charge in [0, 0.05) is 23.7 Å². The molecule has 0 aromatic carbocycles. The van der Waals surface area contributed by atoms with Crippen LogP contribution in [0.1, 0.15) is 40.5 Å². The minimum absolute atomic E-state index is 0.135. The fourth-order valence-corrected chi connectivity index (χ4v) is 2.11. The number of carbonyl (C=O) groups excluding carboxylic acids is 1. The smallest absolute Gasteiger partial charge is 0.331 e. The molecule has 1 N–H and O–H groups in total. The molecule has 2 atom stereocenters. The maximum atomic E-state index is 12.2. The summed E-state index contributed by atoms with van der Waals surface area (Å²) in [6.07, 6.45) is 2.12. The Kier molecular flexibility index (Phi) is 4.32. The van der Waals surface area contributed by atoms with Crippen LogP contribution in [0.3, 0.4) is 0 Å². The highest BCUT2D eigenvalue weighted by atomic mass is 16.4. The van der Waals surface area contributed by atoms with Crippen molar-refractivity contribution in [1.82, 2.24) is 4.90 Å². The topological polar surface area (TPSA) is 57.6 Å². The second kappa shape index (κ2) is 5.34. The van der Waals surface area contributed by atoms with Crippen molar-refractivity contribution < 1.29 is 14.7 Å². The van der Waals surface area contributed by atoms with Gasteiger partial charge in [-0.2, -0.15) is 0 Å². The molecule has 1 heterocycles. The number of likely N-dealkylation sites (tertiary alicyclic amines) is 1. The van der Waals surface area contributed by atoms with Crippen LogP contribution in [-0.4, -0.2) is 34.5 Å². The van der Waals surface area contributed by atoms with E-state index in [1.54, 1.807) is 11.8 Å². The van der Waals surface area contributed by atoms with Crippen LogP contribution in [0.4, 0.5) is 0 Å². The first-order chi connectivity index (χ1) is 7.84. The zero-order valence-corrected chi connectivity index (χ0v) is 11.0. The van der Waals surface area contributed by atoms with E-state index in [4.69, 9.17) is 5.11 Å². The van der Waals surface area contributed by atoms with Gasteiger partial charge in [0.2, 0.25) is 5.91 Å². The van der Waals surface area contributed by atoms with Crippen LogP contribution in [0, 0.1) is 5.92 Å². The van der Waals surface area contributed by atoms with Gasteiger partial charge in [-0.25, -0.2) is 4.79 Å². The van der Waals surface area contributed by atoms with Crippen molar-refractivity contribution >= 4 is 11.9 Å². The molecule has 1 rings (SSSR count). The van der Waals surface area contributed by atoms with Crippen LogP contribution >= 0.6 is 0 Å². The summed E-state index contributed by atoms with van der Waals surface area (Å²) in [5.41, 5.74) is 0.485. The third-order valence-corrected chi connectivity index (χ3v) is 3.58. The Morgan fingerprint density at radius 2 is 1.71 bits per heavy atom. The lowest BCUT2D eigenvalue weighted by molar-refractivity contribution is -0.135. The molecule has 0 radical (unpaired) electrons. The standard InChI is InChI=1S/C13H21NO3/c1-8-5-6-9(2)14(7-8)12(15)10(3)11(4)13(16)17/h8-9H,5-7H2,1-4H3,(H,16,17). The molecule has 2 unspecified atom stereocenters. The Morgan fingerprint density at radius 3 is 2.24 bits per heavy atom. The first-order valence-electron chi connectivity index (χ1n) is 6.06. The van der Waals surface area contributed by atoms with E-state index in [1.165, 1.54) is 6.92 Å². The second-order valence-corrected chi connectivity index (χ2v) is 5.04. The van der Waals surface area contributed by atoms with E-state index >= 15 is 0 Å². The third kappa shape index (κ3) is 3.08. The predicted molar refractivity (Wildman–Crippen MR) is 65.6 cm³/mol. The minimum atomic E-state index is -1.02. The lowest BCUT2D eigenvalue weighted by Gasteiger charge is -2.37. The molecule has 4 nitrogen and oxygen atoms in total.